The predicted octanol–water partition coefficient (Wildman–Crippen LogP) is -2.33. The molecule has 39 heavy (non-hydrogen) atoms. The summed E-state index contributed by atoms with van der Waals surface area (Å²) in [6, 6.07) is 0.324. The van der Waals surface area contributed by atoms with Gasteiger partial charge in [-0.15, -0.1) is 0 Å². The van der Waals surface area contributed by atoms with Gasteiger partial charge in [0.25, 0.3) is 0 Å². The van der Waals surface area contributed by atoms with Crippen molar-refractivity contribution in [3.8, 4) is 5.75 Å². The molecule has 0 saturated carbocycles. The quantitative estimate of drug-likeness (QED) is 0.0871. The highest BCUT2D eigenvalue weighted by Gasteiger charge is 2.31. The lowest BCUT2D eigenvalue weighted by atomic mass is 10.0. The van der Waals surface area contributed by atoms with Crippen LogP contribution in [-0.4, -0.2) is 81.6 Å². The Bertz CT molecular complexity index is 1020. The number of hydrogen-bond acceptors (Lipinski definition) is 9. The number of aromatic hydroxyl groups is 1. The fraction of sp³-hybridized carbons (Fsp3) is 0.500. The minimum absolute atomic E-state index is 0.0187. The summed E-state index contributed by atoms with van der Waals surface area (Å²) in [5.74, 6) is -6.41. The van der Waals surface area contributed by atoms with Crippen molar-refractivity contribution >= 4 is 35.6 Å². The second-order valence-electron chi connectivity index (χ2n) is 8.89. The van der Waals surface area contributed by atoms with Crippen molar-refractivity contribution in [1.29, 1.82) is 0 Å². The van der Waals surface area contributed by atoms with E-state index < -0.39 is 66.2 Å². The zero-order valence-electron chi connectivity index (χ0n) is 21.3. The van der Waals surface area contributed by atoms with Crippen LogP contribution in [0.2, 0.25) is 0 Å². The van der Waals surface area contributed by atoms with Crippen molar-refractivity contribution in [2.75, 3.05) is 6.54 Å². The van der Waals surface area contributed by atoms with Gasteiger partial charge in [-0.05, 0) is 56.3 Å². The second kappa shape index (κ2) is 16.6. The molecule has 15 nitrogen and oxygen atoms in total. The first-order chi connectivity index (χ1) is 18.3. The predicted molar refractivity (Wildman–Crippen MR) is 137 cm³/mol. The Morgan fingerprint density at radius 1 is 0.795 bits per heavy atom. The first-order valence-electron chi connectivity index (χ1n) is 12.2. The molecule has 0 bridgehead atoms. The summed E-state index contributed by atoms with van der Waals surface area (Å²) in [6.45, 7) is 0.314. The number of nitrogens with one attached hydrogen (secondary N) is 3. The molecule has 1 aromatic carbocycles. The second-order valence-corrected chi connectivity index (χ2v) is 8.89. The summed E-state index contributed by atoms with van der Waals surface area (Å²) in [5.41, 5.74) is 17.1. The molecular formula is C24H36N6O9. The maximum Gasteiger partial charge on any atom is 0.326 e. The van der Waals surface area contributed by atoms with E-state index in [2.05, 4.69) is 16.0 Å². The van der Waals surface area contributed by atoms with Crippen molar-refractivity contribution in [1.82, 2.24) is 16.0 Å². The summed E-state index contributed by atoms with van der Waals surface area (Å²) in [5, 5.41) is 34.8. The number of rotatable bonds is 18. The Kier molecular flexibility index (Phi) is 13.9. The van der Waals surface area contributed by atoms with Crippen molar-refractivity contribution in [2.45, 2.75) is 69.1 Å². The van der Waals surface area contributed by atoms with Crippen molar-refractivity contribution in [3.05, 3.63) is 29.8 Å². The Morgan fingerprint density at radius 3 is 1.90 bits per heavy atom. The molecule has 0 heterocycles. The number of carbonyl (C=O) groups excluding carboxylic acids is 4. The lowest BCUT2D eigenvalue weighted by Crippen LogP contribution is -2.57. The number of carboxylic acids is 2. The fourth-order valence-electron chi connectivity index (χ4n) is 3.49. The summed E-state index contributed by atoms with van der Waals surface area (Å²) >= 11 is 0. The number of nitrogens with two attached hydrogens (primary N) is 3. The van der Waals surface area contributed by atoms with Crippen molar-refractivity contribution in [3.63, 3.8) is 0 Å². The van der Waals surface area contributed by atoms with Crippen LogP contribution < -0.4 is 33.2 Å². The first-order valence-corrected chi connectivity index (χ1v) is 12.2. The summed E-state index contributed by atoms with van der Waals surface area (Å²) in [4.78, 5) is 72.6. The molecule has 0 spiro atoms. The van der Waals surface area contributed by atoms with Gasteiger partial charge in [0.05, 0.1) is 12.5 Å². The molecule has 0 saturated heterocycles. The number of amides is 4. The number of phenolic OH excluding ortho intramolecular Hbond substituents is 1. The third kappa shape index (κ3) is 12.7. The summed E-state index contributed by atoms with van der Waals surface area (Å²) in [6.07, 6.45) is -0.534. The van der Waals surface area contributed by atoms with Crippen molar-refractivity contribution in [2.24, 2.45) is 17.2 Å². The molecule has 0 radical (unpaired) electrons. The van der Waals surface area contributed by atoms with Gasteiger partial charge < -0.3 is 48.5 Å². The lowest BCUT2D eigenvalue weighted by molar-refractivity contribution is -0.143. The van der Waals surface area contributed by atoms with E-state index in [-0.39, 0.29) is 31.4 Å². The minimum atomic E-state index is -1.69. The number of carboxylic acid groups (broad SMARTS) is 2. The molecule has 0 aliphatic carbocycles. The average molecular weight is 553 g/mol. The molecule has 12 N–H and O–H groups in total. The third-order valence-electron chi connectivity index (χ3n) is 5.61. The van der Waals surface area contributed by atoms with E-state index in [1.807, 2.05) is 0 Å². The SMILES string of the molecule is NCCCCC(NC(=O)C(CC(=O)O)NC(=O)C(CCC(N)=O)NC(=O)C(N)Cc1ccc(O)cc1)C(=O)O. The van der Waals surface area contributed by atoms with Gasteiger partial charge in [0.1, 0.15) is 23.9 Å². The third-order valence-corrected chi connectivity index (χ3v) is 5.61. The van der Waals surface area contributed by atoms with E-state index >= 15 is 0 Å². The Hall–Kier alpha value is -4.24. The van der Waals surface area contributed by atoms with Crippen LogP contribution in [0, 0.1) is 0 Å². The van der Waals surface area contributed by atoms with Crippen LogP contribution in [0.25, 0.3) is 0 Å². The molecule has 0 aromatic heterocycles. The van der Waals surface area contributed by atoms with Gasteiger partial charge in [0, 0.05) is 6.42 Å². The van der Waals surface area contributed by atoms with Crippen LogP contribution in [0.15, 0.2) is 24.3 Å². The standard InChI is InChI=1S/C24H36N6O9/c25-10-2-1-3-17(24(38)39)29-23(37)18(12-20(33)34)30-22(36)16(8-9-19(27)32)28-21(35)15(26)11-13-4-6-14(31)7-5-13/h4-7,15-18,31H,1-3,8-12,25-26H2,(H2,27,32)(H,28,35)(H,29,37)(H,30,36)(H,33,34)(H,38,39). The van der Waals surface area contributed by atoms with Crippen LogP contribution in [0.3, 0.4) is 0 Å². The van der Waals surface area contributed by atoms with E-state index in [1.165, 1.54) is 12.1 Å². The molecule has 4 unspecified atom stereocenters. The fourth-order valence-corrected chi connectivity index (χ4v) is 3.49. The van der Waals surface area contributed by atoms with Crippen LogP contribution >= 0.6 is 0 Å². The van der Waals surface area contributed by atoms with E-state index in [1.54, 1.807) is 12.1 Å². The molecule has 216 valence electrons. The normalized spacial score (nSPS) is 13.8. The van der Waals surface area contributed by atoms with Gasteiger partial charge in [-0.3, -0.25) is 24.0 Å². The Balaban J connectivity index is 2.99. The van der Waals surface area contributed by atoms with Crippen molar-refractivity contribution < 1.29 is 44.1 Å². The van der Waals surface area contributed by atoms with Gasteiger partial charge in [-0.2, -0.15) is 0 Å². The zero-order chi connectivity index (χ0) is 29.5. The number of hydrogen-bond donors (Lipinski definition) is 9. The maximum absolute atomic E-state index is 13.0. The van der Waals surface area contributed by atoms with E-state index in [0.717, 1.165) is 0 Å². The summed E-state index contributed by atoms with van der Waals surface area (Å²) in [7, 11) is 0. The van der Waals surface area contributed by atoms with Crippen LogP contribution in [0.5, 0.6) is 5.75 Å². The minimum Gasteiger partial charge on any atom is -0.508 e. The van der Waals surface area contributed by atoms with E-state index in [0.29, 0.717) is 24.9 Å². The topological polar surface area (TPSA) is 277 Å². The number of aliphatic carboxylic acids is 2. The molecule has 0 aliphatic rings. The van der Waals surface area contributed by atoms with Crippen LogP contribution in [0.4, 0.5) is 0 Å². The lowest BCUT2D eigenvalue weighted by Gasteiger charge is -2.24. The monoisotopic (exact) mass is 552 g/mol. The highest BCUT2D eigenvalue weighted by Crippen LogP contribution is 2.11. The molecule has 1 rings (SSSR count). The van der Waals surface area contributed by atoms with Gasteiger partial charge in [0.15, 0.2) is 0 Å². The molecular weight excluding hydrogens is 516 g/mol. The van der Waals surface area contributed by atoms with Gasteiger partial charge in [-0.1, -0.05) is 12.1 Å². The zero-order valence-corrected chi connectivity index (χ0v) is 21.3. The molecule has 0 aliphatic heterocycles. The van der Waals surface area contributed by atoms with E-state index in [9.17, 15) is 44.1 Å². The maximum atomic E-state index is 13.0. The molecule has 1 aromatic rings. The molecule has 4 atom stereocenters. The Labute approximate surface area is 224 Å². The highest BCUT2D eigenvalue weighted by atomic mass is 16.4. The largest absolute Gasteiger partial charge is 0.508 e. The number of unbranched alkanes of at least 4 members (excludes halogenated alkanes) is 1. The number of benzene rings is 1. The summed E-state index contributed by atoms with van der Waals surface area (Å²) < 4.78 is 0. The molecule has 4 amide bonds. The number of phenols is 1. The number of carbonyl (C=O) groups is 6. The average Bonchev–Trinajstić information content (AvgIpc) is 2.86. The van der Waals surface area contributed by atoms with E-state index in [4.69, 9.17) is 17.2 Å². The first kappa shape index (κ1) is 32.8. The smallest absolute Gasteiger partial charge is 0.326 e. The highest BCUT2D eigenvalue weighted by molar-refractivity contribution is 5.95. The van der Waals surface area contributed by atoms with Crippen LogP contribution in [0.1, 0.15) is 44.1 Å². The van der Waals surface area contributed by atoms with Crippen LogP contribution in [-0.2, 0) is 35.2 Å². The van der Waals surface area contributed by atoms with Gasteiger partial charge in [-0.25, -0.2) is 4.79 Å². The van der Waals surface area contributed by atoms with Gasteiger partial charge in [0.2, 0.25) is 23.6 Å². The molecule has 0 fully saturated rings. The molecule has 15 heteroatoms. The Morgan fingerprint density at radius 2 is 1.36 bits per heavy atom. The number of primary amides is 1. The van der Waals surface area contributed by atoms with Gasteiger partial charge >= 0.3 is 11.9 Å².